The van der Waals surface area contributed by atoms with E-state index in [0.29, 0.717) is 17.0 Å². The summed E-state index contributed by atoms with van der Waals surface area (Å²) in [5.41, 5.74) is 0.236. The summed E-state index contributed by atoms with van der Waals surface area (Å²) in [6, 6.07) is 4.99. The van der Waals surface area contributed by atoms with Crippen LogP contribution in [0, 0.1) is 18.7 Å². The van der Waals surface area contributed by atoms with Gasteiger partial charge in [0.15, 0.2) is 0 Å². The number of benzene rings is 1. The smallest absolute Gasteiger partial charge is 0.126 e. The van der Waals surface area contributed by atoms with Gasteiger partial charge in [0.05, 0.1) is 0 Å². The highest BCUT2D eigenvalue weighted by Gasteiger charge is 2.36. The topological polar surface area (TPSA) is 32.3 Å². The first kappa shape index (κ1) is 13.5. The van der Waals surface area contributed by atoms with Crippen LogP contribution in [0.3, 0.4) is 0 Å². The predicted molar refractivity (Wildman–Crippen MR) is 70.9 cm³/mol. The summed E-state index contributed by atoms with van der Waals surface area (Å²) in [6.45, 7) is 6.61. The molecular weight excluding hydrogens is 229 g/mol. The van der Waals surface area contributed by atoms with Gasteiger partial charge in [-0.2, -0.15) is 0 Å². The van der Waals surface area contributed by atoms with Crippen molar-refractivity contribution < 1.29 is 9.50 Å². The van der Waals surface area contributed by atoms with E-state index in [0.717, 1.165) is 19.4 Å². The average Bonchev–Trinajstić information content (AvgIpc) is 2.32. The number of nitrogens with one attached hydrogen (secondary N) is 1. The minimum Gasteiger partial charge on any atom is -0.384 e. The van der Waals surface area contributed by atoms with Gasteiger partial charge in [-0.3, -0.25) is 0 Å². The van der Waals surface area contributed by atoms with Crippen molar-refractivity contribution in [2.75, 3.05) is 6.54 Å². The summed E-state index contributed by atoms with van der Waals surface area (Å²) in [4.78, 5) is 0. The van der Waals surface area contributed by atoms with E-state index >= 15 is 0 Å². The molecule has 1 fully saturated rings. The van der Waals surface area contributed by atoms with Crippen LogP contribution in [-0.2, 0) is 5.60 Å². The molecule has 1 aromatic carbocycles. The maximum absolute atomic E-state index is 13.6. The Morgan fingerprint density at radius 2 is 2.17 bits per heavy atom. The maximum Gasteiger partial charge on any atom is 0.126 e. The van der Waals surface area contributed by atoms with Crippen molar-refractivity contribution in [2.45, 2.75) is 45.3 Å². The van der Waals surface area contributed by atoms with Crippen molar-refractivity contribution >= 4 is 0 Å². The molecule has 1 aliphatic heterocycles. The molecule has 0 aliphatic carbocycles. The summed E-state index contributed by atoms with van der Waals surface area (Å²) in [6.07, 6.45) is 2.05. The fourth-order valence-corrected chi connectivity index (χ4v) is 2.64. The van der Waals surface area contributed by atoms with Crippen molar-refractivity contribution in [1.29, 1.82) is 0 Å². The molecule has 1 aromatic rings. The highest BCUT2D eigenvalue weighted by Crippen LogP contribution is 2.31. The minimum absolute atomic E-state index is 0.0108. The molecule has 1 heterocycles. The molecule has 0 amide bonds. The highest BCUT2D eigenvalue weighted by atomic mass is 19.1. The Balaban J connectivity index is 2.25. The number of piperidine rings is 1. The zero-order chi connectivity index (χ0) is 13.3. The lowest BCUT2D eigenvalue weighted by Gasteiger charge is -2.39. The van der Waals surface area contributed by atoms with Crippen LogP contribution in [0.25, 0.3) is 0 Å². The number of hydrogen-bond donors (Lipinski definition) is 2. The van der Waals surface area contributed by atoms with E-state index in [9.17, 15) is 9.50 Å². The zero-order valence-electron chi connectivity index (χ0n) is 11.3. The lowest BCUT2D eigenvalue weighted by Crippen LogP contribution is -2.50. The molecule has 1 saturated heterocycles. The molecule has 2 rings (SSSR count). The van der Waals surface area contributed by atoms with Gasteiger partial charge in [0.25, 0.3) is 0 Å². The molecule has 0 aromatic heterocycles. The Kier molecular flexibility index (Phi) is 3.74. The van der Waals surface area contributed by atoms with Gasteiger partial charge in [-0.25, -0.2) is 4.39 Å². The highest BCUT2D eigenvalue weighted by molar-refractivity contribution is 5.29. The number of aliphatic hydroxyl groups is 1. The van der Waals surface area contributed by atoms with Crippen molar-refractivity contribution in [1.82, 2.24) is 5.32 Å². The third-order valence-corrected chi connectivity index (χ3v) is 4.10. The molecule has 3 atom stereocenters. The van der Waals surface area contributed by atoms with Gasteiger partial charge in [-0.15, -0.1) is 0 Å². The number of rotatable bonds is 2. The molecule has 0 spiro atoms. The molecule has 0 saturated carbocycles. The first-order chi connectivity index (χ1) is 8.41. The number of aryl methyl sites for hydroxylation is 1. The first-order valence-electron chi connectivity index (χ1n) is 6.63. The van der Waals surface area contributed by atoms with Crippen LogP contribution in [0.4, 0.5) is 4.39 Å². The van der Waals surface area contributed by atoms with Crippen molar-refractivity contribution in [3.63, 3.8) is 0 Å². The Bertz CT molecular complexity index is 431. The molecule has 1 aliphatic rings. The van der Waals surface area contributed by atoms with Crippen LogP contribution in [0.15, 0.2) is 18.2 Å². The SMILES string of the molecule is Cc1ccc(C(C)(O)C2CC(C)CCN2)cc1F. The second-order valence-corrected chi connectivity index (χ2v) is 5.75. The van der Waals surface area contributed by atoms with E-state index in [4.69, 9.17) is 0 Å². The van der Waals surface area contributed by atoms with Gasteiger partial charge >= 0.3 is 0 Å². The number of halogens is 1. The van der Waals surface area contributed by atoms with Crippen molar-refractivity contribution in [3.8, 4) is 0 Å². The van der Waals surface area contributed by atoms with Crippen LogP contribution in [0.1, 0.15) is 37.8 Å². The van der Waals surface area contributed by atoms with Gasteiger partial charge in [-0.1, -0.05) is 19.1 Å². The third-order valence-electron chi connectivity index (χ3n) is 4.10. The molecule has 0 radical (unpaired) electrons. The second kappa shape index (κ2) is 4.98. The van der Waals surface area contributed by atoms with Gasteiger partial charge in [0.2, 0.25) is 0 Å². The van der Waals surface area contributed by atoms with E-state index in [1.807, 2.05) is 6.07 Å². The maximum atomic E-state index is 13.6. The van der Waals surface area contributed by atoms with E-state index in [1.54, 1.807) is 19.9 Å². The van der Waals surface area contributed by atoms with Crippen LogP contribution >= 0.6 is 0 Å². The molecule has 3 unspecified atom stereocenters. The monoisotopic (exact) mass is 251 g/mol. The van der Waals surface area contributed by atoms with Gasteiger partial charge in [-0.05, 0) is 56.3 Å². The Hall–Kier alpha value is -0.930. The van der Waals surface area contributed by atoms with Crippen LogP contribution in [0.2, 0.25) is 0 Å². The summed E-state index contributed by atoms with van der Waals surface area (Å²) in [7, 11) is 0. The largest absolute Gasteiger partial charge is 0.384 e. The fourth-order valence-electron chi connectivity index (χ4n) is 2.64. The van der Waals surface area contributed by atoms with Gasteiger partial charge in [0.1, 0.15) is 11.4 Å². The molecule has 100 valence electrons. The van der Waals surface area contributed by atoms with Gasteiger partial charge < -0.3 is 10.4 Å². The standard InChI is InChI=1S/C15H22FNO/c1-10-6-7-17-14(8-10)15(3,18)12-5-4-11(2)13(16)9-12/h4-5,9-10,14,17-18H,6-8H2,1-3H3. The summed E-state index contributed by atoms with van der Waals surface area (Å²) >= 11 is 0. The second-order valence-electron chi connectivity index (χ2n) is 5.75. The van der Waals surface area contributed by atoms with Crippen molar-refractivity contribution in [2.24, 2.45) is 5.92 Å². The summed E-state index contributed by atoms with van der Waals surface area (Å²) < 4.78 is 13.6. The quantitative estimate of drug-likeness (QED) is 0.847. The Morgan fingerprint density at radius 1 is 1.44 bits per heavy atom. The molecule has 18 heavy (non-hydrogen) atoms. The van der Waals surface area contributed by atoms with Crippen LogP contribution in [-0.4, -0.2) is 17.7 Å². The summed E-state index contributed by atoms with van der Waals surface area (Å²) in [5.74, 6) is 0.342. The third kappa shape index (κ3) is 2.57. The molecular formula is C15H22FNO. The lowest BCUT2D eigenvalue weighted by atomic mass is 9.80. The normalized spacial score (nSPS) is 27.8. The lowest BCUT2D eigenvalue weighted by molar-refractivity contribution is -0.00165. The fraction of sp³-hybridized carbons (Fsp3) is 0.600. The summed E-state index contributed by atoms with van der Waals surface area (Å²) in [5, 5.41) is 14.1. The Morgan fingerprint density at radius 3 is 2.78 bits per heavy atom. The average molecular weight is 251 g/mol. The zero-order valence-corrected chi connectivity index (χ0v) is 11.3. The molecule has 3 heteroatoms. The van der Waals surface area contributed by atoms with Crippen LogP contribution in [0.5, 0.6) is 0 Å². The van der Waals surface area contributed by atoms with Gasteiger partial charge in [0, 0.05) is 6.04 Å². The molecule has 2 N–H and O–H groups in total. The predicted octanol–water partition coefficient (Wildman–Crippen LogP) is 2.73. The van der Waals surface area contributed by atoms with E-state index in [2.05, 4.69) is 12.2 Å². The van der Waals surface area contributed by atoms with E-state index < -0.39 is 5.60 Å². The van der Waals surface area contributed by atoms with E-state index in [-0.39, 0.29) is 11.9 Å². The Labute approximate surface area is 108 Å². The van der Waals surface area contributed by atoms with E-state index in [1.165, 1.54) is 6.07 Å². The molecule has 0 bridgehead atoms. The number of hydrogen-bond acceptors (Lipinski definition) is 2. The van der Waals surface area contributed by atoms with Crippen molar-refractivity contribution in [3.05, 3.63) is 35.1 Å². The molecule has 2 nitrogen and oxygen atoms in total. The first-order valence-corrected chi connectivity index (χ1v) is 6.63. The van der Waals surface area contributed by atoms with Crippen LogP contribution < -0.4 is 5.32 Å². The minimum atomic E-state index is -1.02.